The van der Waals surface area contributed by atoms with Crippen molar-refractivity contribution in [3.8, 4) is 0 Å². The molecule has 0 bridgehead atoms. The SMILES string of the molecule is Cc1cccc2[nH]c(/C=C3\NC(=O)CS3)nc12. The maximum absolute atomic E-state index is 11.1. The molecule has 4 nitrogen and oxygen atoms in total. The van der Waals surface area contributed by atoms with Crippen molar-refractivity contribution in [2.75, 3.05) is 5.75 Å². The lowest BCUT2D eigenvalue weighted by molar-refractivity contribution is -0.117. The first-order chi connectivity index (χ1) is 8.22. The number of aromatic nitrogens is 2. The van der Waals surface area contributed by atoms with E-state index in [0.717, 1.165) is 27.5 Å². The lowest BCUT2D eigenvalue weighted by atomic mass is 10.2. The van der Waals surface area contributed by atoms with Crippen molar-refractivity contribution in [2.24, 2.45) is 0 Å². The summed E-state index contributed by atoms with van der Waals surface area (Å²) in [6.45, 7) is 2.03. The van der Waals surface area contributed by atoms with Gasteiger partial charge >= 0.3 is 0 Å². The van der Waals surface area contributed by atoms with E-state index in [-0.39, 0.29) is 5.91 Å². The second-order valence-electron chi connectivity index (χ2n) is 3.94. The number of hydrogen-bond acceptors (Lipinski definition) is 3. The topological polar surface area (TPSA) is 57.8 Å². The van der Waals surface area contributed by atoms with Crippen LogP contribution in [-0.4, -0.2) is 21.6 Å². The number of para-hydroxylation sites is 1. The Morgan fingerprint density at radius 1 is 1.47 bits per heavy atom. The molecule has 1 aliphatic rings. The third kappa shape index (κ3) is 1.93. The molecule has 86 valence electrons. The normalized spacial score (nSPS) is 17.9. The van der Waals surface area contributed by atoms with Crippen molar-refractivity contribution in [3.63, 3.8) is 0 Å². The quantitative estimate of drug-likeness (QED) is 0.808. The van der Waals surface area contributed by atoms with Crippen molar-refractivity contribution < 1.29 is 4.79 Å². The van der Waals surface area contributed by atoms with E-state index in [0.29, 0.717) is 5.75 Å². The van der Waals surface area contributed by atoms with Crippen LogP contribution in [0.4, 0.5) is 0 Å². The number of fused-ring (bicyclic) bond motifs is 1. The number of imidazole rings is 1. The van der Waals surface area contributed by atoms with Crippen molar-refractivity contribution in [2.45, 2.75) is 6.92 Å². The largest absolute Gasteiger partial charge is 0.338 e. The van der Waals surface area contributed by atoms with Gasteiger partial charge in [-0.05, 0) is 18.6 Å². The highest BCUT2D eigenvalue weighted by Crippen LogP contribution is 2.22. The lowest BCUT2D eigenvalue weighted by Gasteiger charge is -1.92. The second kappa shape index (κ2) is 3.92. The molecule has 1 aromatic carbocycles. The molecule has 0 aliphatic carbocycles. The van der Waals surface area contributed by atoms with E-state index in [1.807, 2.05) is 31.2 Å². The first-order valence-corrected chi connectivity index (χ1v) is 6.30. The molecule has 1 aromatic heterocycles. The van der Waals surface area contributed by atoms with Crippen LogP contribution in [0.3, 0.4) is 0 Å². The zero-order chi connectivity index (χ0) is 11.8. The summed E-state index contributed by atoms with van der Waals surface area (Å²) in [4.78, 5) is 18.8. The second-order valence-corrected chi connectivity index (χ2v) is 4.96. The summed E-state index contributed by atoms with van der Waals surface area (Å²) in [7, 11) is 0. The van der Waals surface area contributed by atoms with E-state index in [1.165, 1.54) is 11.8 Å². The molecule has 2 N–H and O–H groups in total. The minimum Gasteiger partial charge on any atom is -0.338 e. The van der Waals surface area contributed by atoms with Crippen LogP contribution in [0.2, 0.25) is 0 Å². The predicted molar refractivity (Wildman–Crippen MR) is 69.4 cm³/mol. The number of aromatic amines is 1. The van der Waals surface area contributed by atoms with E-state index in [1.54, 1.807) is 0 Å². The van der Waals surface area contributed by atoms with Gasteiger partial charge in [0.15, 0.2) is 0 Å². The number of carbonyl (C=O) groups is 1. The summed E-state index contributed by atoms with van der Waals surface area (Å²) in [5, 5.41) is 3.64. The van der Waals surface area contributed by atoms with Gasteiger partial charge in [0.2, 0.25) is 5.91 Å². The lowest BCUT2D eigenvalue weighted by Crippen LogP contribution is -2.13. The van der Waals surface area contributed by atoms with Gasteiger partial charge in [-0.15, -0.1) is 0 Å². The average Bonchev–Trinajstić information content (AvgIpc) is 2.86. The molecule has 2 heterocycles. The van der Waals surface area contributed by atoms with Crippen molar-refractivity contribution in [3.05, 3.63) is 34.6 Å². The molecular weight excluding hydrogens is 234 g/mol. The van der Waals surface area contributed by atoms with Crippen LogP contribution in [-0.2, 0) is 4.79 Å². The molecule has 1 fully saturated rings. The van der Waals surface area contributed by atoms with E-state index in [2.05, 4.69) is 15.3 Å². The number of amides is 1. The molecule has 0 saturated carbocycles. The highest BCUT2D eigenvalue weighted by Gasteiger charge is 2.15. The van der Waals surface area contributed by atoms with Crippen molar-refractivity contribution >= 4 is 34.8 Å². The standard InChI is InChI=1S/C12H11N3OS/c1-7-3-2-4-8-12(7)14-9(13-8)5-11-15-10(16)6-17-11/h2-5H,6H2,1H3,(H,13,14)(H,15,16)/b11-5+. The molecule has 0 spiro atoms. The van der Waals surface area contributed by atoms with E-state index >= 15 is 0 Å². The van der Waals surface area contributed by atoms with Gasteiger partial charge in [0, 0.05) is 6.08 Å². The maximum atomic E-state index is 11.1. The van der Waals surface area contributed by atoms with Crippen LogP contribution in [0.25, 0.3) is 17.1 Å². The Morgan fingerprint density at radius 2 is 2.35 bits per heavy atom. The minimum atomic E-state index is 0.0496. The van der Waals surface area contributed by atoms with E-state index < -0.39 is 0 Å². The Balaban J connectivity index is 2.02. The fraction of sp³-hybridized carbons (Fsp3) is 0.167. The highest BCUT2D eigenvalue weighted by atomic mass is 32.2. The first kappa shape index (κ1) is 10.4. The van der Waals surface area contributed by atoms with Crippen LogP contribution in [0.15, 0.2) is 23.2 Å². The maximum Gasteiger partial charge on any atom is 0.235 e. The summed E-state index contributed by atoms with van der Waals surface area (Å²) in [6, 6.07) is 6.03. The van der Waals surface area contributed by atoms with Crippen LogP contribution in [0.1, 0.15) is 11.4 Å². The monoisotopic (exact) mass is 245 g/mol. The van der Waals surface area contributed by atoms with Gasteiger partial charge in [0.05, 0.1) is 21.8 Å². The van der Waals surface area contributed by atoms with Gasteiger partial charge in [-0.25, -0.2) is 4.98 Å². The molecule has 0 unspecified atom stereocenters. The molecule has 0 radical (unpaired) electrons. The van der Waals surface area contributed by atoms with E-state index in [4.69, 9.17) is 0 Å². The van der Waals surface area contributed by atoms with Crippen LogP contribution in [0, 0.1) is 6.92 Å². The molecule has 2 aromatic rings. The van der Waals surface area contributed by atoms with Crippen molar-refractivity contribution in [1.29, 1.82) is 0 Å². The number of H-pyrrole nitrogens is 1. The van der Waals surface area contributed by atoms with Gasteiger partial charge in [-0.3, -0.25) is 4.79 Å². The van der Waals surface area contributed by atoms with Crippen LogP contribution >= 0.6 is 11.8 Å². The number of nitrogens with one attached hydrogen (secondary N) is 2. The number of hydrogen-bond donors (Lipinski definition) is 2. The molecule has 1 amide bonds. The highest BCUT2D eigenvalue weighted by molar-refractivity contribution is 8.04. The van der Waals surface area contributed by atoms with Gasteiger partial charge in [-0.1, -0.05) is 23.9 Å². The zero-order valence-electron chi connectivity index (χ0n) is 9.28. The molecule has 17 heavy (non-hydrogen) atoms. The molecule has 3 rings (SSSR count). The van der Waals surface area contributed by atoms with Crippen molar-refractivity contribution in [1.82, 2.24) is 15.3 Å². The number of carbonyl (C=O) groups excluding carboxylic acids is 1. The number of nitrogens with zero attached hydrogens (tertiary/aromatic N) is 1. The Morgan fingerprint density at radius 3 is 3.06 bits per heavy atom. The fourth-order valence-corrected chi connectivity index (χ4v) is 2.56. The Bertz CT molecular complexity index is 630. The Kier molecular flexibility index (Phi) is 2.40. The van der Waals surface area contributed by atoms with Gasteiger partial charge in [0.25, 0.3) is 0 Å². The molecule has 0 atom stereocenters. The molecular formula is C12H11N3OS. The third-order valence-electron chi connectivity index (χ3n) is 2.62. The average molecular weight is 245 g/mol. The zero-order valence-corrected chi connectivity index (χ0v) is 10.1. The minimum absolute atomic E-state index is 0.0496. The predicted octanol–water partition coefficient (Wildman–Crippen LogP) is 2.03. The summed E-state index contributed by atoms with van der Waals surface area (Å²) in [5.41, 5.74) is 3.14. The Labute approximate surface area is 103 Å². The first-order valence-electron chi connectivity index (χ1n) is 5.32. The molecule has 1 aliphatic heterocycles. The summed E-state index contributed by atoms with van der Waals surface area (Å²) in [5.74, 6) is 1.32. The van der Waals surface area contributed by atoms with Gasteiger partial charge in [0.1, 0.15) is 5.82 Å². The van der Waals surface area contributed by atoms with Crippen LogP contribution < -0.4 is 5.32 Å². The van der Waals surface area contributed by atoms with Crippen LogP contribution in [0.5, 0.6) is 0 Å². The van der Waals surface area contributed by atoms with Gasteiger partial charge < -0.3 is 10.3 Å². The fourth-order valence-electron chi connectivity index (χ4n) is 1.82. The number of benzene rings is 1. The third-order valence-corrected chi connectivity index (χ3v) is 3.56. The number of thioether (sulfide) groups is 1. The van der Waals surface area contributed by atoms with E-state index in [9.17, 15) is 4.79 Å². The Hall–Kier alpha value is -1.75. The summed E-state index contributed by atoms with van der Waals surface area (Å²) < 4.78 is 0. The smallest absolute Gasteiger partial charge is 0.235 e. The number of rotatable bonds is 1. The van der Waals surface area contributed by atoms with Gasteiger partial charge in [-0.2, -0.15) is 0 Å². The molecule has 5 heteroatoms. The molecule has 1 saturated heterocycles. The summed E-state index contributed by atoms with van der Waals surface area (Å²) in [6.07, 6.45) is 1.87. The summed E-state index contributed by atoms with van der Waals surface area (Å²) >= 11 is 1.50. The number of aryl methyl sites for hydroxylation is 1.